The third kappa shape index (κ3) is 5.39. The number of carbonyl (C=O) groups excluding carboxylic acids is 2. The second-order valence-corrected chi connectivity index (χ2v) is 8.53. The Kier molecular flexibility index (Phi) is 6.77. The highest BCUT2D eigenvalue weighted by atomic mass is 16.6. The van der Waals surface area contributed by atoms with E-state index in [-0.39, 0.29) is 37.5 Å². The second-order valence-electron chi connectivity index (χ2n) is 8.53. The molecule has 3 rings (SSSR count). The standard InChI is InChI=1S/C24H30N2O4/c1-24(2,3)30-22(27)13-12-16(14-25)26-23(28)29-15-21-19-10-6-4-8-17(19)18-9-5-7-11-20(18)21/h4-11,16,21H,12-15,25H2,1-3H3,(H,26,28)/t16-/m0/s1. The number of ether oxygens (including phenoxy) is 2. The molecule has 0 spiro atoms. The number of nitrogens with one attached hydrogen (secondary N) is 1. The number of hydrogen-bond donors (Lipinski definition) is 2. The van der Waals surface area contributed by atoms with Crippen molar-refractivity contribution in [3.63, 3.8) is 0 Å². The van der Waals surface area contributed by atoms with Crippen molar-refractivity contribution < 1.29 is 19.1 Å². The molecule has 0 radical (unpaired) electrons. The van der Waals surface area contributed by atoms with E-state index in [0.29, 0.717) is 6.42 Å². The van der Waals surface area contributed by atoms with Gasteiger partial charge in [-0.2, -0.15) is 0 Å². The van der Waals surface area contributed by atoms with Gasteiger partial charge in [-0.15, -0.1) is 0 Å². The fourth-order valence-electron chi connectivity index (χ4n) is 3.74. The minimum Gasteiger partial charge on any atom is -0.460 e. The molecular formula is C24H30N2O4. The van der Waals surface area contributed by atoms with Crippen LogP contribution < -0.4 is 11.1 Å². The summed E-state index contributed by atoms with van der Waals surface area (Å²) in [5, 5.41) is 2.76. The van der Waals surface area contributed by atoms with Gasteiger partial charge in [-0.1, -0.05) is 48.5 Å². The maximum Gasteiger partial charge on any atom is 0.407 e. The third-order valence-electron chi connectivity index (χ3n) is 5.07. The molecule has 1 aliphatic carbocycles. The Morgan fingerprint density at radius 3 is 2.13 bits per heavy atom. The maximum atomic E-state index is 12.4. The van der Waals surface area contributed by atoms with Gasteiger partial charge in [0, 0.05) is 24.9 Å². The molecule has 0 saturated carbocycles. The predicted molar refractivity (Wildman–Crippen MR) is 116 cm³/mol. The molecule has 2 aromatic carbocycles. The smallest absolute Gasteiger partial charge is 0.407 e. The highest BCUT2D eigenvalue weighted by Gasteiger charge is 2.29. The number of benzene rings is 2. The Morgan fingerprint density at radius 1 is 1.03 bits per heavy atom. The number of esters is 1. The number of hydrogen-bond acceptors (Lipinski definition) is 5. The molecule has 1 atom stereocenters. The van der Waals surface area contributed by atoms with E-state index in [1.54, 1.807) is 0 Å². The molecule has 160 valence electrons. The van der Waals surface area contributed by atoms with Crippen LogP contribution >= 0.6 is 0 Å². The van der Waals surface area contributed by atoms with Gasteiger partial charge < -0.3 is 20.5 Å². The molecule has 2 aromatic rings. The van der Waals surface area contributed by atoms with Crippen LogP contribution in [0, 0.1) is 0 Å². The van der Waals surface area contributed by atoms with Gasteiger partial charge in [0.2, 0.25) is 0 Å². The van der Waals surface area contributed by atoms with Crippen molar-refractivity contribution in [1.82, 2.24) is 5.32 Å². The summed E-state index contributed by atoms with van der Waals surface area (Å²) in [6, 6.07) is 16.0. The van der Waals surface area contributed by atoms with Gasteiger partial charge in [-0.05, 0) is 49.4 Å². The van der Waals surface area contributed by atoms with Crippen LogP contribution in [0.1, 0.15) is 50.7 Å². The monoisotopic (exact) mass is 410 g/mol. The topological polar surface area (TPSA) is 90.6 Å². The van der Waals surface area contributed by atoms with Gasteiger partial charge in [0.05, 0.1) is 0 Å². The van der Waals surface area contributed by atoms with E-state index >= 15 is 0 Å². The molecule has 30 heavy (non-hydrogen) atoms. The van der Waals surface area contributed by atoms with Crippen molar-refractivity contribution in [1.29, 1.82) is 0 Å². The first-order chi connectivity index (χ1) is 14.3. The summed E-state index contributed by atoms with van der Waals surface area (Å²) in [4.78, 5) is 24.3. The van der Waals surface area contributed by atoms with Crippen LogP contribution in [0.25, 0.3) is 11.1 Å². The van der Waals surface area contributed by atoms with Crippen molar-refractivity contribution in [2.75, 3.05) is 13.2 Å². The highest BCUT2D eigenvalue weighted by molar-refractivity contribution is 5.79. The lowest BCUT2D eigenvalue weighted by atomic mass is 9.98. The molecule has 0 aromatic heterocycles. The van der Waals surface area contributed by atoms with Gasteiger partial charge in [-0.25, -0.2) is 4.79 Å². The van der Waals surface area contributed by atoms with Crippen LogP contribution in [0.2, 0.25) is 0 Å². The first-order valence-corrected chi connectivity index (χ1v) is 10.3. The number of carbonyl (C=O) groups is 2. The minimum absolute atomic E-state index is 0.00115. The lowest BCUT2D eigenvalue weighted by molar-refractivity contribution is -0.155. The average molecular weight is 411 g/mol. The zero-order valence-corrected chi connectivity index (χ0v) is 17.8. The van der Waals surface area contributed by atoms with Crippen LogP contribution in [-0.4, -0.2) is 36.9 Å². The molecule has 0 aliphatic heterocycles. The van der Waals surface area contributed by atoms with Crippen molar-refractivity contribution in [3.8, 4) is 11.1 Å². The van der Waals surface area contributed by atoms with E-state index in [1.165, 1.54) is 11.1 Å². The molecule has 0 saturated heterocycles. The summed E-state index contributed by atoms with van der Waals surface area (Å²) >= 11 is 0. The lowest BCUT2D eigenvalue weighted by Gasteiger charge is -2.21. The molecule has 1 amide bonds. The third-order valence-corrected chi connectivity index (χ3v) is 5.07. The quantitative estimate of drug-likeness (QED) is 0.674. The van der Waals surface area contributed by atoms with E-state index < -0.39 is 11.7 Å². The number of rotatable bonds is 7. The Morgan fingerprint density at radius 2 is 1.60 bits per heavy atom. The van der Waals surface area contributed by atoms with Gasteiger partial charge >= 0.3 is 12.1 Å². The van der Waals surface area contributed by atoms with E-state index in [9.17, 15) is 9.59 Å². The number of nitrogens with two attached hydrogens (primary N) is 1. The summed E-state index contributed by atoms with van der Waals surface area (Å²) in [6.07, 6.45) is 0.0507. The van der Waals surface area contributed by atoms with Crippen LogP contribution in [0.5, 0.6) is 0 Å². The summed E-state index contributed by atoms with van der Waals surface area (Å²) < 4.78 is 10.8. The molecular weight excluding hydrogens is 380 g/mol. The van der Waals surface area contributed by atoms with Crippen LogP contribution in [0.3, 0.4) is 0 Å². The Bertz CT molecular complexity index is 859. The van der Waals surface area contributed by atoms with Gasteiger partial charge in [0.1, 0.15) is 12.2 Å². The zero-order valence-electron chi connectivity index (χ0n) is 17.8. The van der Waals surface area contributed by atoms with Crippen molar-refractivity contribution in [3.05, 3.63) is 59.7 Å². The summed E-state index contributed by atoms with van der Waals surface area (Å²) in [6.45, 7) is 5.91. The molecule has 6 nitrogen and oxygen atoms in total. The number of fused-ring (bicyclic) bond motifs is 3. The SMILES string of the molecule is CC(C)(C)OC(=O)CC[C@@H](CN)NC(=O)OCC1c2ccccc2-c2ccccc21. The minimum atomic E-state index is -0.532. The molecule has 0 unspecified atom stereocenters. The normalized spacial score (nSPS) is 13.9. The number of alkyl carbamates (subject to hydrolysis) is 1. The van der Waals surface area contributed by atoms with Crippen molar-refractivity contribution in [2.45, 2.75) is 51.2 Å². The lowest BCUT2D eigenvalue weighted by Crippen LogP contribution is -2.41. The van der Waals surface area contributed by atoms with E-state index in [1.807, 2.05) is 45.0 Å². The highest BCUT2D eigenvalue weighted by Crippen LogP contribution is 2.44. The maximum absolute atomic E-state index is 12.4. The van der Waals surface area contributed by atoms with Gasteiger partial charge in [0.25, 0.3) is 0 Å². The molecule has 6 heteroatoms. The van der Waals surface area contributed by atoms with Crippen molar-refractivity contribution >= 4 is 12.1 Å². The molecule has 3 N–H and O–H groups in total. The van der Waals surface area contributed by atoms with Crippen LogP contribution in [0.15, 0.2) is 48.5 Å². The van der Waals surface area contributed by atoms with E-state index in [4.69, 9.17) is 15.2 Å². The molecule has 1 aliphatic rings. The van der Waals surface area contributed by atoms with Crippen LogP contribution in [-0.2, 0) is 14.3 Å². The first kappa shape index (κ1) is 21.8. The summed E-state index contributed by atoms with van der Waals surface area (Å²) in [5.74, 6) is -0.309. The zero-order chi connectivity index (χ0) is 21.7. The Labute approximate surface area is 177 Å². The fraction of sp³-hybridized carbons (Fsp3) is 0.417. The number of amides is 1. The Hall–Kier alpha value is -2.86. The summed E-state index contributed by atoms with van der Waals surface area (Å²) in [7, 11) is 0. The Balaban J connectivity index is 1.55. The first-order valence-electron chi connectivity index (χ1n) is 10.3. The average Bonchev–Trinajstić information content (AvgIpc) is 3.02. The van der Waals surface area contributed by atoms with Gasteiger partial charge in [0.15, 0.2) is 0 Å². The molecule has 0 heterocycles. The van der Waals surface area contributed by atoms with E-state index in [2.05, 4.69) is 29.6 Å². The van der Waals surface area contributed by atoms with Crippen LogP contribution in [0.4, 0.5) is 4.79 Å². The fourth-order valence-corrected chi connectivity index (χ4v) is 3.74. The predicted octanol–water partition coefficient (Wildman–Crippen LogP) is 3.97. The molecule has 0 bridgehead atoms. The van der Waals surface area contributed by atoms with Gasteiger partial charge in [-0.3, -0.25) is 4.79 Å². The molecule has 0 fully saturated rings. The van der Waals surface area contributed by atoms with Crippen molar-refractivity contribution in [2.24, 2.45) is 5.73 Å². The largest absolute Gasteiger partial charge is 0.460 e. The van der Waals surface area contributed by atoms with E-state index in [0.717, 1.165) is 11.1 Å². The second kappa shape index (κ2) is 9.30. The summed E-state index contributed by atoms with van der Waals surface area (Å²) in [5.41, 5.74) is 9.90.